The monoisotopic (exact) mass is 260 g/mol. The molecule has 0 aromatic heterocycles. The van der Waals surface area contributed by atoms with Crippen LogP contribution < -0.4 is 0 Å². The standard InChI is InChI=1S/C13H28O3Si/c1-7-11-13(5,6)16-17(12-8-2,14-9-3)15-10-4/h7,11H,8-10,12H2,1-6H3. The van der Waals surface area contributed by atoms with Crippen LogP contribution in [0, 0.1) is 0 Å². The molecule has 0 atom stereocenters. The highest BCUT2D eigenvalue weighted by atomic mass is 28.4. The van der Waals surface area contributed by atoms with Gasteiger partial charge in [0.15, 0.2) is 0 Å². The molecule has 0 aliphatic carbocycles. The SMILES string of the molecule is CC=CC(C)(C)O[Si](CCC)(OCC)OCC. The summed E-state index contributed by atoms with van der Waals surface area (Å²) < 4.78 is 17.9. The Morgan fingerprint density at radius 3 is 1.94 bits per heavy atom. The average molecular weight is 260 g/mol. The van der Waals surface area contributed by atoms with Gasteiger partial charge in [-0.3, -0.25) is 0 Å². The quantitative estimate of drug-likeness (QED) is 0.466. The van der Waals surface area contributed by atoms with Gasteiger partial charge in [0.05, 0.1) is 5.60 Å². The molecule has 3 nitrogen and oxygen atoms in total. The van der Waals surface area contributed by atoms with E-state index >= 15 is 0 Å². The normalized spacial score (nSPS) is 13.5. The predicted molar refractivity (Wildman–Crippen MR) is 74.1 cm³/mol. The number of rotatable bonds is 9. The Bertz CT molecular complexity index is 210. The fraction of sp³-hybridized carbons (Fsp3) is 0.846. The molecule has 0 radical (unpaired) electrons. The molecule has 0 aliphatic rings. The number of hydrogen-bond acceptors (Lipinski definition) is 3. The highest BCUT2D eigenvalue weighted by Crippen LogP contribution is 2.25. The van der Waals surface area contributed by atoms with Crippen LogP contribution in [0.4, 0.5) is 0 Å². The van der Waals surface area contributed by atoms with Crippen molar-refractivity contribution in [1.29, 1.82) is 0 Å². The van der Waals surface area contributed by atoms with Crippen molar-refractivity contribution in [3.05, 3.63) is 12.2 Å². The van der Waals surface area contributed by atoms with Crippen LogP contribution in [0.1, 0.15) is 48.0 Å². The molecule has 17 heavy (non-hydrogen) atoms. The third kappa shape index (κ3) is 6.36. The first-order chi connectivity index (χ1) is 7.95. The molecular formula is C13H28O3Si. The van der Waals surface area contributed by atoms with Gasteiger partial charge in [0.2, 0.25) is 0 Å². The van der Waals surface area contributed by atoms with Gasteiger partial charge in [0.1, 0.15) is 0 Å². The summed E-state index contributed by atoms with van der Waals surface area (Å²) >= 11 is 0. The molecule has 0 fully saturated rings. The number of allylic oxidation sites excluding steroid dienone is 1. The van der Waals surface area contributed by atoms with Crippen LogP contribution in [0.2, 0.25) is 6.04 Å². The maximum Gasteiger partial charge on any atom is 0.501 e. The first-order valence-corrected chi connectivity index (χ1v) is 8.50. The van der Waals surface area contributed by atoms with E-state index in [2.05, 4.69) is 6.92 Å². The second kappa shape index (κ2) is 8.03. The Hall–Kier alpha value is -0.163. The molecule has 0 spiro atoms. The van der Waals surface area contributed by atoms with Crippen LogP contribution in [0.15, 0.2) is 12.2 Å². The van der Waals surface area contributed by atoms with Crippen molar-refractivity contribution in [2.24, 2.45) is 0 Å². The molecule has 0 amide bonds. The lowest BCUT2D eigenvalue weighted by Gasteiger charge is -2.35. The van der Waals surface area contributed by atoms with Gasteiger partial charge < -0.3 is 13.3 Å². The van der Waals surface area contributed by atoms with Crippen molar-refractivity contribution >= 4 is 8.80 Å². The zero-order valence-corrected chi connectivity index (χ0v) is 13.2. The van der Waals surface area contributed by atoms with Crippen molar-refractivity contribution in [2.75, 3.05) is 13.2 Å². The van der Waals surface area contributed by atoms with Crippen molar-refractivity contribution in [2.45, 2.75) is 59.6 Å². The molecule has 0 saturated carbocycles. The Morgan fingerprint density at radius 2 is 1.59 bits per heavy atom. The lowest BCUT2D eigenvalue weighted by atomic mass is 10.1. The number of hydrogen-bond donors (Lipinski definition) is 0. The second-order valence-corrected chi connectivity index (χ2v) is 7.15. The summed E-state index contributed by atoms with van der Waals surface area (Å²) in [4.78, 5) is 0. The summed E-state index contributed by atoms with van der Waals surface area (Å²) in [5.41, 5.74) is -0.333. The van der Waals surface area contributed by atoms with Crippen LogP contribution >= 0.6 is 0 Å². The topological polar surface area (TPSA) is 27.7 Å². The van der Waals surface area contributed by atoms with Crippen LogP contribution in [0.3, 0.4) is 0 Å². The van der Waals surface area contributed by atoms with Gasteiger partial charge in [-0.1, -0.05) is 25.5 Å². The second-order valence-electron chi connectivity index (χ2n) is 4.50. The van der Waals surface area contributed by atoms with E-state index < -0.39 is 8.80 Å². The van der Waals surface area contributed by atoms with Gasteiger partial charge in [-0.15, -0.1) is 0 Å². The molecule has 0 N–H and O–H groups in total. The van der Waals surface area contributed by atoms with E-state index in [1.807, 2.05) is 46.8 Å². The summed E-state index contributed by atoms with van der Waals surface area (Å²) in [7, 11) is -2.52. The molecule has 0 aromatic carbocycles. The van der Waals surface area contributed by atoms with Gasteiger partial charge in [-0.05, 0) is 34.6 Å². The third-order valence-electron chi connectivity index (χ3n) is 2.27. The third-order valence-corrected chi connectivity index (χ3v) is 5.68. The Morgan fingerprint density at radius 1 is 1.06 bits per heavy atom. The van der Waals surface area contributed by atoms with Crippen LogP contribution in [0.5, 0.6) is 0 Å². The van der Waals surface area contributed by atoms with Crippen molar-refractivity contribution < 1.29 is 13.3 Å². The smallest absolute Gasteiger partial charge is 0.374 e. The van der Waals surface area contributed by atoms with Crippen LogP contribution in [0.25, 0.3) is 0 Å². The Balaban J connectivity index is 4.86. The summed E-state index contributed by atoms with van der Waals surface area (Å²) in [5, 5.41) is 0. The lowest BCUT2D eigenvalue weighted by Crippen LogP contribution is -2.50. The Labute approximate surface area is 108 Å². The van der Waals surface area contributed by atoms with E-state index in [-0.39, 0.29) is 5.60 Å². The van der Waals surface area contributed by atoms with Crippen molar-refractivity contribution in [1.82, 2.24) is 0 Å². The van der Waals surface area contributed by atoms with Gasteiger partial charge in [0.25, 0.3) is 0 Å². The van der Waals surface area contributed by atoms with Crippen molar-refractivity contribution in [3.8, 4) is 0 Å². The molecule has 102 valence electrons. The molecule has 0 aliphatic heterocycles. The summed E-state index contributed by atoms with van der Waals surface area (Å²) in [6, 6.07) is 0.871. The van der Waals surface area contributed by atoms with E-state index in [1.54, 1.807) is 0 Å². The molecular weight excluding hydrogens is 232 g/mol. The van der Waals surface area contributed by atoms with E-state index in [0.717, 1.165) is 12.5 Å². The molecule has 0 rings (SSSR count). The first kappa shape index (κ1) is 16.8. The zero-order valence-electron chi connectivity index (χ0n) is 12.2. The predicted octanol–water partition coefficient (Wildman–Crippen LogP) is 3.78. The van der Waals surface area contributed by atoms with E-state index in [9.17, 15) is 0 Å². The lowest BCUT2D eigenvalue weighted by molar-refractivity contribution is 0.0132. The summed E-state index contributed by atoms with van der Waals surface area (Å²) in [5.74, 6) is 0. The highest BCUT2D eigenvalue weighted by Gasteiger charge is 2.43. The average Bonchev–Trinajstić information content (AvgIpc) is 2.17. The van der Waals surface area contributed by atoms with E-state index in [4.69, 9.17) is 13.3 Å². The fourth-order valence-electron chi connectivity index (χ4n) is 1.88. The molecule has 0 saturated heterocycles. The molecule has 0 aromatic rings. The van der Waals surface area contributed by atoms with E-state index in [0.29, 0.717) is 13.2 Å². The minimum absolute atomic E-state index is 0.333. The largest absolute Gasteiger partial charge is 0.501 e. The molecule has 0 bridgehead atoms. The minimum Gasteiger partial charge on any atom is -0.374 e. The van der Waals surface area contributed by atoms with Gasteiger partial charge in [-0.25, -0.2) is 0 Å². The molecule has 4 heteroatoms. The van der Waals surface area contributed by atoms with Crippen LogP contribution in [-0.4, -0.2) is 27.6 Å². The van der Waals surface area contributed by atoms with Gasteiger partial charge in [-0.2, -0.15) is 0 Å². The molecule has 0 unspecified atom stereocenters. The van der Waals surface area contributed by atoms with Crippen molar-refractivity contribution in [3.63, 3.8) is 0 Å². The maximum atomic E-state index is 6.19. The Kier molecular flexibility index (Phi) is 7.95. The minimum atomic E-state index is -2.52. The highest BCUT2D eigenvalue weighted by molar-refractivity contribution is 6.60. The summed E-state index contributed by atoms with van der Waals surface area (Å²) in [6.07, 6.45) is 5.06. The molecule has 0 heterocycles. The first-order valence-electron chi connectivity index (χ1n) is 6.57. The maximum absolute atomic E-state index is 6.19. The van der Waals surface area contributed by atoms with Gasteiger partial charge >= 0.3 is 8.80 Å². The van der Waals surface area contributed by atoms with Crippen LogP contribution in [-0.2, 0) is 13.3 Å². The fourth-order valence-corrected chi connectivity index (χ4v) is 4.83. The summed E-state index contributed by atoms with van der Waals surface area (Å²) in [6.45, 7) is 13.5. The zero-order chi connectivity index (χ0) is 13.4. The van der Waals surface area contributed by atoms with E-state index in [1.165, 1.54) is 0 Å². The van der Waals surface area contributed by atoms with Gasteiger partial charge in [0, 0.05) is 19.3 Å².